The predicted molar refractivity (Wildman–Crippen MR) is 111 cm³/mol. The minimum Gasteiger partial charge on any atom is -0.350 e. The molecule has 1 atom stereocenters. The molecule has 0 saturated carbocycles. The zero-order valence-corrected chi connectivity index (χ0v) is 16.9. The number of benzene rings is 1. The third-order valence-corrected chi connectivity index (χ3v) is 4.94. The SMILES string of the molecule is CC(C)C(NC(=O)N1CCN(c2ncccn2)CC1)C(=O)NCc1ccccc1. The zero-order chi connectivity index (χ0) is 20.6. The van der Waals surface area contributed by atoms with E-state index in [0.29, 0.717) is 38.7 Å². The fourth-order valence-electron chi connectivity index (χ4n) is 3.22. The first-order valence-corrected chi connectivity index (χ1v) is 9.93. The van der Waals surface area contributed by atoms with Crippen molar-refractivity contribution in [3.05, 3.63) is 54.4 Å². The first kappa shape index (κ1) is 20.6. The lowest BCUT2D eigenvalue weighted by molar-refractivity contribution is -0.124. The van der Waals surface area contributed by atoms with Crippen molar-refractivity contribution in [2.75, 3.05) is 31.1 Å². The van der Waals surface area contributed by atoms with Crippen LogP contribution in [0, 0.1) is 5.92 Å². The number of nitrogens with one attached hydrogen (secondary N) is 2. The highest BCUT2D eigenvalue weighted by Gasteiger charge is 2.28. The summed E-state index contributed by atoms with van der Waals surface area (Å²) in [5, 5.41) is 5.82. The number of hydrogen-bond acceptors (Lipinski definition) is 5. The predicted octanol–water partition coefficient (Wildman–Crippen LogP) is 1.65. The number of carbonyl (C=O) groups excluding carboxylic acids is 2. The van der Waals surface area contributed by atoms with E-state index in [2.05, 4.69) is 25.5 Å². The third-order valence-electron chi connectivity index (χ3n) is 4.94. The van der Waals surface area contributed by atoms with Crippen LogP contribution in [0.5, 0.6) is 0 Å². The monoisotopic (exact) mass is 396 g/mol. The van der Waals surface area contributed by atoms with Crippen molar-refractivity contribution in [2.24, 2.45) is 5.92 Å². The molecule has 1 aromatic carbocycles. The normalized spacial score (nSPS) is 15.1. The van der Waals surface area contributed by atoms with Gasteiger partial charge in [-0.15, -0.1) is 0 Å². The molecule has 29 heavy (non-hydrogen) atoms. The van der Waals surface area contributed by atoms with Crippen molar-refractivity contribution in [3.63, 3.8) is 0 Å². The maximum atomic E-state index is 12.7. The maximum Gasteiger partial charge on any atom is 0.318 e. The molecule has 2 aromatic rings. The summed E-state index contributed by atoms with van der Waals surface area (Å²) in [6.45, 7) is 6.72. The van der Waals surface area contributed by atoms with Crippen LogP contribution in [-0.4, -0.2) is 59.0 Å². The van der Waals surface area contributed by atoms with Crippen LogP contribution in [-0.2, 0) is 11.3 Å². The number of amides is 3. The Morgan fingerprint density at radius 3 is 2.28 bits per heavy atom. The summed E-state index contributed by atoms with van der Waals surface area (Å²) >= 11 is 0. The molecule has 1 aromatic heterocycles. The first-order valence-electron chi connectivity index (χ1n) is 9.93. The summed E-state index contributed by atoms with van der Waals surface area (Å²) < 4.78 is 0. The van der Waals surface area contributed by atoms with E-state index in [1.165, 1.54) is 0 Å². The van der Waals surface area contributed by atoms with Crippen LogP contribution < -0.4 is 15.5 Å². The quantitative estimate of drug-likeness (QED) is 0.775. The van der Waals surface area contributed by atoms with Crippen LogP contribution in [0.25, 0.3) is 0 Å². The summed E-state index contributed by atoms with van der Waals surface area (Å²) in [5.41, 5.74) is 1.02. The minimum absolute atomic E-state index is 0.0197. The van der Waals surface area contributed by atoms with Crippen molar-refractivity contribution in [3.8, 4) is 0 Å². The van der Waals surface area contributed by atoms with E-state index in [1.54, 1.807) is 23.4 Å². The summed E-state index contributed by atoms with van der Waals surface area (Å²) in [6.07, 6.45) is 3.42. The molecule has 1 fully saturated rings. The number of piperazine rings is 1. The van der Waals surface area contributed by atoms with E-state index in [9.17, 15) is 9.59 Å². The topological polar surface area (TPSA) is 90.5 Å². The summed E-state index contributed by atoms with van der Waals surface area (Å²) in [7, 11) is 0. The van der Waals surface area contributed by atoms with Gasteiger partial charge in [0.05, 0.1) is 0 Å². The van der Waals surface area contributed by atoms with Crippen LogP contribution in [0.3, 0.4) is 0 Å². The summed E-state index contributed by atoms with van der Waals surface area (Å²) in [5.74, 6) is 0.482. The van der Waals surface area contributed by atoms with Gasteiger partial charge in [0, 0.05) is 45.1 Å². The molecular weight excluding hydrogens is 368 g/mol. The lowest BCUT2D eigenvalue weighted by Gasteiger charge is -2.35. The Kier molecular flexibility index (Phi) is 6.99. The first-order chi connectivity index (χ1) is 14.0. The van der Waals surface area contributed by atoms with Gasteiger partial charge >= 0.3 is 6.03 Å². The molecule has 0 aliphatic carbocycles. The summed E-state index contributed by atoms with van der Waals surface area (Å²) in [4.78, 5) is 37.7. The molecule has 2 heterocycles. The van der Waals surface area contributed by atoms with E-state index in [1.807, 2.05) is 44.2 Å². The molecule has 8 heteroatoms. The van der Waals surface area contributed by atoms with Crippen molar-refractivity contribution in [1.82, 2.24) is 25.5 Å². The number of anilines is 1. The van der Waals surface area contributed by atoms with Gasteiger partial charge in [0.2, 0.25) is 11.9 Å². The molecule has 3 rings (SSSR count). The van der Waals surface area contributed by atoms with E-state index in [0.717, 1.165) is 5.56 Å². The Hall–Kier alpha value is -3.16. The largest absolute Gasteiger partial charge is 0.350 e. The summed E-state index contributed by atoms with van der Waals surface area (Å²) in [6, 6.07) is 10.7. The van der Waals surface area contributed by atoms with E-state index >= 15 is 0 Å². The molecule has 1 aliphatic heterocycles. The fourth-order valence-corrected chi connectivity index (χ4v) is 3.22. The third kappa shape index (κ3) is 5.66. The Labute approximate surface area is 171 Å². The molecule has 8 nitrogen and oxygen atoms in total. The molecule has 1 saturated heterocycles. The van der Waals surface area contributed by atoms with Gasteiger partial charge in [-0.1, -0.05) is 44.2 Å². The van der Waals surface area contributed by atoms with Crippen molar-refractivity contribution < 1.29 is 9.59 Å². The second-order valence-corrected chi connectivity index (χ2v) is 7.40. The molecule has 0 spiro atoms. The molecule has 1 unspecified atom stereocenters. The number of nitrogens with zero attached hydrogens (tertiary/aromatic N) is 4. The van der Waals surface area contributed by atoms with Crippen LogP contribution in [0.2, 0.25) is 0 Å². The Morgan fingerprint density at radius 2 is 1.66 bits per heavy atom. The standard InChI is InChI=1S/C21H28N6O2/c1-16(2)18(19(28)24-15-17-7-4-3-5-8-17)25-21(29)27-13-11-26(12-14-27)20-22-9-6-10-23-20/h3-10,16,18H,11-15H2,1-2H3,(H,24,28)(H,25,29). The highest BCUT2D eigenvalue weighted by molar-refractivity contribution is 5.87. The molecule has 0 bridgehead atoms. The van der Waals surface area contributed by atoms with Gasteiger partial charge in [-0.05, 0) is 17.5 Å². The Bertz CT molecular complexity index is 791. The number of carbonyl (C=O) groups is 2. The zero-order valence-electron chi connectivity index (χ0n) is 16.9. The second-order valence-electron chi connectivity index (χ2n) is 7.40. The average molecular weight is 396 g/mol. The van der Waals surface area contributed by atoms with Crippen LogP contribution in [0.15, 0.2) is 48.8 Å². The van der Waals surface area contributed by atoms with Crippen LogP contribution >= 0.6 is 0 Å². The van der Waals surface area contributed by atoms with Gasteiger partial charge in [-0.25, -0.2) is 14.8 Å². The van der Waals surface area contributed by atoms with Crippen molar-refractivity contribution in [1.29, 1.82) is 0 Å². The lowest BCUT2D eigenvalue weighted by atomic mass is 10.0. The number of rotatable bonds is 6. The Balaban J connectivity index is 1.51. The second kappa shape index (κ2) is 9.86. The lowest BCUT2D eigenvalue weighted by Crippen LogP contribution is -2.57. The molecule has 1 aliphatic rings. The van der Waals surface area contributed by atoms with Gasteiger partial charge in [0.15, 0.2) is 0 Å². The van der Waals surface area contributed by atoms with E-state index in [-0.39, 0.29) is 17.9 Å². The van der Waals surface area contributed by atoms with E-state index in [4.69, 9.17) is 0 Å². The highest BCUT2D eigenvalue weighted by atomic mass is 16.2. The van der Waals surface area contributed by atoms with Gasteiger partial charge in [-0.3, -0.25) is 4.79 Å². The van der Waals surface area contributed by atoms with Gasteiger partial charge in [-0.2, -0.15) is 0 Å². The molecule has 3 amide bonds. The van der Waals surface area contributed by atoms with Gasteiger partial charge < -0.3 is 20.4 Å². The van der Waals surface area contributed by atoms with E-state index < -0.39 is 6.04 Å². The molecule has 154 valence electrons. The van der Waals surface area contributed by atoms with Crippen LogP contribution in [0.1, 0.15) is 19.4 Å². The molecule has 2 N–H and O–H groups in total. The number of aromatic nitrogens is 2. The Morgan fingerprint density at radius 1 is 1.00 bits per heavy atom. The fraction of sp³-hybridized carbons (Fsp3) is 0.429. The van der Waals surface area contributed by atoms with Crippen molar-refractivity contribution >= 4 is 17.9 Å². The highest BCUT2D eigenvalue weighted by Crippen LogP contribution is 2.11. The molecule has 0 radical (unpaired) electrons. The minimum atomic E-state index is -0.582. The smallest absolute Gasteiger partial charge is 0.318 e. The number of hydrogen-bond donors (Lipinski definition) is 2. The van der Waals surface area contributed by atoms with Crippen LogP contribution in [0.4, 0.5) is 10.7 Å². The van der Waals surface area contributed by atoms with Gasteiger partial charge in [0.25, 0.3) is 0 Å². The van der Waals surface area contributed by atoms with Crippen molar-refractivity contribution in [2.45, 2.75) is 26.4 Å². The molecular formula is C21H28N6O2. The maximum absolute atomic E-state index is 12.7. The van der Waals surface area contributed by atoms with Gasteiger partial charge in [0.1, 0.15) is 6.04 Å². The average Bonchev–Trinajstić information content (AvgIpc) is 2.77. The number of urea groups is 1.